The van der Waals surface area contributed by atoms with E-state index in [1.54, 1.807) is 19.1 Å². The molecule has 0 aliphatic heterocycles. The molecular weight excluding hydrogens is 360 g/mol. The van der Waals surface area contributed by atoms with Crippen molar-refractivity contribution in [1.29, 1.82) is 0 Å². The molecule has 0 unspecified atom stereocenters. The summed E-state index contributed by atoms with van der Waals surface area (Å²) in [4.78, 5) is 12.1. The maximum Gasteiger partial charge on any atom is 0.290 e. The van der Waals surface area contributed by atoms with Gasteiger partial charge in [0.15, 0.2) is 0 Å². The molecule has 1 N–H and O–H groups in total. The van der Waals surface area contributed by atoms with E-state index in [2.05, 4.69) is 9.82 Å². The normalized spacial score (nSPS) is 11.5. The molecule has 0 spiro atoms. The van der Waals surface area contributed by atoms with Crippen molar-refractivity contribution in [2.24, 2.45) is 7.05 Å². The smallest absolute Gasteiger partial charge is 0.290 e. The van der Waals surface area contributed by atoms with Gasteiger partial charge in [-0.25, -0.2) is 13.1 Å². The Bertz CT molecular complexity index is 1150. The number of nitrogens with one attached hydrogen (secondary N) is 1. The van der Waals surface area contributed by atoms with Gasteiger partial charge in [-0.2, -0.15) is 5.10 Å². The number of aromatic nitrogens is 3. The first-order valence-corrected chi connectivity index (χ1v) is 9.06. The van der Waals surface area contributed by atoms with E-state index in [0.29, 0.717) is 17.3 Å². The first-order valence-electron chi connectivity index (χ1n) is 7.57. The molecule has 138 valence electrons. The minimum atomic E-state index is -3.96. The van der Waals surface area contributed by atoms with E-state index in [1.165, 1.54) is 48.7 Å². The number of anilines is 1. The zero-order valence-corrected chi connectivity index (χ0v) is 15.5. The highest BCUT2D eigenvalue weighted by Crippen LogP contribution is 2.31. The van der Waals surface area contributed by atoms with Crippen LogP contribution in [0.2, 0.25) is 0 Å². The summed E-state index contributed by atoms with van der Waals surface area (Å²) in [6.07, 6.45) is 1.36. The van der Waals surface area contributed by atoms with E-state index < -0.39 is 15.6 Å². The summed E-state index contributed by atoms with van der Waals surface area (Å²) in [5.74, 6) is 1.30. The molecule has 2 heterocycles. The van der Waals surface area contributed by atoms with Crippen LogP contribution in [-0.4, -0.2) is 36.8 Å². The number of fused-ring (bicyclic) bond motifs is 1. The predicted octanol–water partition coefficient (Wildman–Crippen LogP) is 1.16. The van der Waals surface area contributed by atoms with Crippen molar-refractivity contribution in [2.45, 2.75) is 11.8 Å². The molecular formula is C16H18N4O5S. The second kappa shape index (κ2) is 6.37. The third-order valence-electron chi connectivity index (χ3n) is 3.91. The number of sulfonamides is 1. The van der Waals surface area contributed by atoms with Crippen LogP contribution in [0.4, 0.5) is 5.69 Å². The van der Waals surface area contributed by atoms with Crippen LogP contribution in [0.15, 0.2) is 40.2 Å². The van der Waals surface area contributed by atoms with Gasteiger partial charge >= 0.3 is 0 Å². The maximum absolute atomic E-state index is 12.8. The van der Waals surface area contributed by atoms with Crippen molar-refractivity contribution < 1.29 is 17.9 Å². The summed E-state index contributed by atoms with van der Waals surface area (Å²) in [7, 11) is 0.462. The quantitative estimate of drug-likeness (QED) is 0.714. The average molecular weight is 378 g/mol. The lowest BCUT2D eigenvalue weighted by molar-refractivity contribution is 0.405. The molecule has 9 nitrogen and oxygen atoms in total. The Balaban J connectivity index is 2.10. The topological polar surface area (TPSA) is 104 Å². The monoisotopic (exact) mass is 378 g/mol. The van der Waals surface area contributed by atoms with Gasteiger partial charge in [-0.15, -0.1) is 0 Å². The van der Waals surface area contributed by atoms with Crippen LogP contribution in [0.25, 0.3) is 5.52 Å². The minimum Gasteiger partial charge on any atom is -0.497 e. The summed E-state index contributed by atoms with van der Waals surface area (Å²) in [6.45, 7) is 1.68. The van der Waals surface area contributed by atoms with Crippen LogP contribution in [0.5, 0.6) is 11.5 Å². The van der Waals surface area contributed by atoms with Crippen LogP contribution < -0.4 is 19.8 Å². The predicted molar refractivity (Wildman–Crippen MR) is 95.5 cm³/mol. The number of ether oxygens (including phenoxy) is 2. The van der Waals surface area contributed by atoms with E-state index >= 15 is 0 Å². The highest BCUT2D eigenvalue weighted by Gasteiger charge is 2.21. The van der Waals surface area contributed by atoms with Gasteiger partial charge < -0.3 is 9.47 Å². The molecule has 3 aromatic rings. The molecule has 2 aromatic heterocycles. The molecule has 0 aliphatic rings. The van der Waals surface area contributed by atoms with Crippen LogP contribution in [0.3, 0.4) is 0 Å². The van der Waals surface area contributed by atoms with Gasteiger partial charge in [-0.1, -0.05) is 0 Å². The maximum atomic E-state index is 12.8. The van der Waals surface area contributed by atoms with E-state index in [4.69, 9.17) is 9.47 Å². The molecule has 0 aliphatic carbocycles. The van der Waals surface area contributed by atoms with E-state index in [9.17, 15) is 13.2 Å². The summed E-state index contributed by atoms with van der Waals surface area (Å²) in [6, 6.07) is 6.07. The fourth-order valence-corrected chi connectivity index (χ4v) is 3.67. The van der Waals surface area contributed by atoms with Crippen molar-refractivity contribution in [2.75, 3.05) is 18.9 Å². The molecule has 1 aromatic carbocycles. The van der Waals surface area contributed by atoms with Crippen molar-refractivity contribution >= 4 is 21.2 Å². The number of aryl methyl sites for hydroxylation is 2. The van der Waals surface area contributed by atoms with E-state index in [0.717, 1.165) is 0 Å². The van der Waals surface area contributed by atoms with Crippen LogP contribution in [-0.2, 0) is 17.1 Å². The van der Waals surface area contributed by atoms with Gasteiger partial charge in [0.05, 0.1) is 19.9 Å². The van der Waals surface area contributed by atoms with Gasteiger partial charge in [0.25, 0.3) is 15.6 Å². The SMILES string of the molecule is COc1ccc(OC)c(NS(=O)(=O)c2cc3c(=O)n(C)nc(C)n3c2)c1. The lowest BCUT2D eigenvalue weighted by Gasteiger charge is -2.12. The Morgan fingerprint density at radius 3 is 2.54 bits per heavy atom. The van der Waals surface area contributed by atoms with Crippen molar-refractivity contribution in [3.8, 4) is 11.5 Å². The molecule has 0 saturated heterocycles. The summed E-state index contributed by atoms with van der Waals surface area (Å²) in [5.41, 5.74) is 0.0545. The third-order valence-corrected chi connectivity index (χ3v) is 5.25. The number of methoxy groups -OCH3 is 2. The zero-order chi connectivity index (χ0) is 19.1. The minimum absolute atomic E-state index is 0.0597. The summed E-state index contributed by atoms with van der Waals surface area (Å²) >= 11 is 0. The lowest BCUT2D eigenvalue weighted by atomic mass is 10.3. The van der Waals surface area contributed by atoms with Gasteiger partial charge in [-0.3, -0.25) is 13.9 Å². The first kappa shape index (κ1) is 17.8. The standard InChI is InChI=1S/C16H18N4O5S/c1-10-17-19(2)16(21)14-8-12(9-20(10)14)26(22,23)18-13-7-11(24-3)5-6-15(13)25-4/h5-9,18H,1-4H3. The molecule has 0 saturated carbocycles. The molecule has 10 heteroatoms. The van der Waals surface area contributed by atoms with Crippen LogP contribution in [0, 0.1) is 6.92 Å². The van der Waals surface area contributed by atoms with E-state index in [1.807, 2.05) is 0 Å². The Morgan fingerprint density at radius 1 is 1.15 bits per heavy atom. The Hall–Kier alpha value is -3.01. The Labute approximate surface area is 149 Å². The Kier molecular flexibility index (Phi) is 4.36. The van der Waals surface area contributed by atoms with Crippen molar-refractivity contribution in [3.05, 3.63) is 46.6 Å². The molecule has 0 fully saturated rings. The van der Waals surface area contributed by atoms with Gasteiger partial charge in [0.2, 0.25) is 0 Å². The zero-order valence-electron chi connectivity index (χ0n) is 14.7. The largest absolute Gasteiger partial charge is 0.497 e. The van der Waals surface area contributed by atoms with Crippen molar-refractivity contribution in [1.82, 2.24) is 14.2 Å². The Morgan fingerprint density at radius 2 is 1.88 bits per heavy atom. The first-order chi connectivity index (χ1) is 12.3. The van der Waals surface area contributed by atoms with Crippen molar-refractivity contribution in [3.63, 3.8) is 0 Å². The molecule has 0 amide bonds. The number of hydrogen-bond donors (Lipinski definition) is 1. The van der Waals surface area contributed by atoms with Crippen LogP contribution >= 0.6 is 0 Å². The average Bonchev–Trinajstić information content (AvgIpc) is 3.06. The molecule has 26 heavy (non-hydrogen) atoms. The molecule has 0 atom stereocenters. The fraction of sp³-hybridized carbons (Fsp3) is 0.250. The lowest BCUT2D eigenvalue weighted by Crippen LogP contribution is -2.22. The highest BCUT2D eigenvalue weighted by molar-refractivity contribution is 7.92. The third kappa shape index (κ3) is 2.99. The van der Waals surface area contributed by atoms with Gasteiger partial charge in [0.1, 0.15) is 27.7 Å². The van der Waals surface area contributed by atoms with E-state index in [-0.39, 0.29) is 16.1 Å². The second-order valence-electron chi connectivity index (χ2n) is 5.58. The number of hydrogen-bond acceptors (Lipinski definition) is 6. The molecule has 0 bridgehead atoms. The van der Waals surface area contributed by atoms with Crippen LogP contribution in [0.1, 0.15) is 5.82 Å². The summed E-state index contributed by atoms with van der Waals surface area (Å²) < 4.78 is 41.0. The highest BCUT2D eigenvalue weighted by atomic mass is 32.2. The van der Waals surface area contributed by atoms with Gasteiger partial charge in [0, 0.05) is 19.3 Å². The fourth-order valence-electron chi connectivity index (χ4n) is 2.59. The number of nitrogens with zero attached hydrogens (tertiary/aromatic N) is 3. The summed E-state index contributed by atoms with van der Waals surface area (Å²) in [5, 5.41) is 4.05. The number of rotatable bonds is 5. The molecule has 3 rings (SSSR count). The molecule has 0 radical (unpaired) electrons. The second-order valence-corrected chi connectivity index (χ2v) is 7.26. The van der Waals surface area contributed by atoms with Gasteiger partial charge in [-0.05, 0) is 25.1 Å². The number of benzene rings is 1.